The van der Waals surface area contributed by atoms with Gasteiger partial charge in [0.1, 0.15) is 66.2 Å². The zero-order valence-electron chi connectivity index (χ0n) is 56.1. The van der Waals surface area contributed by atoms with Crippen molar-refractivity contribution in [2.75, 3.05) is 38.6 Å². The largest absolute Gasteiger partial charge is 0.508 e. The minimum atomic E-state index is -1.91. The molecule has 0 unspecified atom stereocenters. The zero-order valence-corrected chi connectivity index (χ0v) is 56.1. The van der Waals surface area contributed by atoms with Gasteiger partial charge in [-0.05, 0) is 104 Å². The molecule has 6 rings (SSSR count). The van der Waals surface area contributed by atoms with E-state index >= 15 is 9.59 Å². The van der Waals surface area contributed by atoms with Gasteiger partial charge in [-0.15, -0.1) is 0 Å². The Bertz CT molecular complexity index is 3470. The third kappa shape index (κ3) is 23.4. The first-order valence-corrected chi connectivity index (χ1v) is 32.8. The van der Waals surface area contributed by atoms with E-state index in [4.69, 9.17) is 17.2 Å². The second-order valence-electron chi connectivity index (χ2n) is 25.6. The molecule has 0 spiro atoms. The number of carbonyl (C=O) groups is 13. The fourth-order valence-electron chi connectivity index (χ4n) is 11.3. The number of hydrogen-bond acceptors (Lipinski definition) is 16. The van der Waals surface area contributed by atoms with E-state index < -0.39 is 169 Å². The minimum Gasteiger partial charge on any atom is -0.508 e. The van der Waals surface area contributed by atoms with E-state index in [0.717, 1.165) is 0 Å². The van der Waals surface area contributed by atoms with Crippen molar-refractivity contribution in [3.63, 3.8) is 0 Å². The van der Waals surface area contributed by atoms with Crippen molar-refractivity contribution in [3.05, 3.63) is 131 Å². The van der Waals surface area contributed by atoms with Gasteiger partial charge in [0.25, 0.3) is 5.91 Å². The lowest BCUT2D eigenvalue weighted by molar-refractivity contribution is -0.142. The summed E-state index contributed by atoms with van der Waals surface area (Å²) >= 11 is 0. The number of fused-ring (bicyclic) bond motifs is 1. The highest BCUT2D eigenvalue weighted by Gasteiger charge is 2.42. The molecular formula is C69H93N15O14. The number of nitrogens with two attached hydrogens (primary N) is 3. The first-order valence-electron chi connectivity index (χ1n) is 32.8. The average Bonchev–Trinajstić information content (AvgIpc) is 1.54. The van der Waals surface area contributed by atoms with Gasteiger partial charge < -0.3 is 85.3 Å². The molecule has 2 fully saturated rings. The molecule has 0 aromatic heterocycles. The number of hydrogen-bond donors (Lipinski definition) is 14. The van der Waals surface area contributed by atoms with Crippen LogP contribution in [0.3, 0.4) is 0 Å². The van der Waals surface area contributed by atoms with E-state index in [1.807, 2.05) is 0 Å². The standard InChI is InChI=1S/C69H93N15O14/c1-39(2)32-49-62(91)80-53(35-42-18-11-8-12-19-42)69(98)84-31-15-23-55(84)67(96)81-54(38-73-59(88)44-20-13-21-45(36-44)83(5)6)66(95)78-50(33-41-16-9-7-10-17-41)63(92)79-52(37-57(72)87)64(93)74-48(28-29-56(71)86)61(90)77-51(34-43-24-26-46(85)27-25-43)65(94)82-58(40(3)4)68(97)75-47(22-14-30-70)60(89)76-49/h7-13,16-21,24-27,36,39-40,47-55,58,85H,14-15,22-23,28-35,37-38,70H2,1-6H3,(H2,71,86)(H2,72,87)(H,73,88)(H,74,93)(H,75,97)(H,76,89)(H,77,90)(H,78,95)(H,79,92)(H,80,91)(H,81,96)(H,82,94)/t47-,48-,49-,50+,51-,52-,53+,54-,55-,58-/m0/s1. The van der Waals surface area contributed by atoms with Gasteiger partial charge in [-0.1, -0.05) is 107 Å². The van der Waals surface area contributed by atoms with Crippen LogP contribution in [-0.4, -0.2) is 181 Å². The molecule has 98 heavy (non-hydrogen) atoms. The van der Waals surface area contributed by atoms with Gasteiger partial charge >= 0.3 is 0 Å². The van der Waals surface area contributed by atoms with Crippen LogP contribution >= 0.6 is 0 Å². The van der Waals surface area contributed by atoms with E-state index in [2.05, 4.69) is 53.2 Å². The van der Waals surface area contributed by atoms with E-state index in [9.17, 15) is 57.8 Å². The predicted octanol–water partition coefficient (Wildman–Crippen LogP) is -1.13. The lowest BCUT2D eigenvalue weighted by Crippen LogP contribution is -2.63. The molecule has 2 heterocycles. The third-order valence-electron chi connectivity index (χ3n) is 16.7. The molecule has 0 radical (unpaired) electrons. The predicted molar refractivity (Wildman–Crippen MR) is 362 cm³/mol. The number of phenols is 1. The number of benzene rings is 4. The second kappa shape index (κ2) is 37.2. The van der Waals surface area contributed by atoms with E-state index in [0.29, 0.717) is 22.4 Å². The summed E-state index contributed by atoms with van der Waals surface area (Å²) in [4.78, 5) is 190. The van der Waals surface area contributed by atoms with Crippen molar-refractivity contribution in [1.29, 1.82) is 0 Å². The van der Waals surface area contributed by atoms with Gasteiger partial charge in [-0.3, -0.25) is 62.3 Å². The summed E-state index contributed by atoms with van der Waals surface area (Å²) in [6.07, 6.45) is -2.12. The number of primary amides is 2. The Morgan fingerprint density at radius 1 is 0.541 bits per heavy atom. The molecule has 2 aliphatic heterocycles. The Labute approximate surface area is 569 Å². The number of aromatic hydroxyl groups is 1. The Morgan fingerprint density at radius 2 is 1.02 bits per heavy atom. The highest BCUT2D eigenvalue weighted by Crippen LogP contribution is 2.22. The Kier molecular flexibility index (Phi) is 29.0. The number of phenolic OH excluding ortho intramolecular Hbond substituents is 1. The van der Waals surface area contributed by atoms with Crippen molar-refractivity contribution in [3.8, 4) is 5.75 Å². The molecule has 29 heteroatoms. The van der Waals surface area contributed by atoms with Crippen molar-refractivity contribution in [1.82, 2.24) is 58.1 Å². The molecular weight excluding hydrogens is 1260 g/mol. The maximum Gasteiger partial charge on any atom is 0.251 e. The van der Waals surface area contributed by atoms with Crippen molar-refractivity contribution < 1.29 is 67.4 Å². The maximum absolute atomic E-state index is 15.2. The molecule has 2 aliphatic rings. The first-order chi connectivity index (χ1) is 46.6. The number of nitrogens with one attached hydrogen (secondary N) is 10. The molecule has 17 N–H and O–H groups in total. The topological polar surface area (TPSA) is 447 Å². The Balaban J connectivity index is 1.48. The van der Waals surface area contributed by atoms with Crippen molar-refractivity contribution >= 4 is 82.5 Å². The van der Waals surface area contributed by atoms with Crippen molar-refractivity contribution in [2.45, 2.75) is 159 Å². The molecule has 13 amide bonds. The van der Waals surface area contributed by atoms with Crippen molar-refractivity contribution in [2.24, 2.45) is 29.0 Å². The summed E-state index contributed by atoms with van der Waals surface area (Å²) in [5, 5.41) is 36.7. The minimum absolute atomic E-state index is 0.00933. The van der Waals surface area contributed by atoms with Crippen LogP contribution < -0.4 is 75.3 Å². The molecule has 4 aromatic carbocycles. The van der Waals surface area contributed by atoms with Gasteiger partial charge in [-0.2, -0.15) is 0 Å². The van der Waals surface area contributed by atoms with Crippen LogP contribution in [0.25, 0.3) is 0 Å². The number of rotatable bonds is 21. The second-order valence-corrected chi connectivity index (χ2v) is 25.6. The molecule has 0 saturated carbocycles. The monoisotopic (exact) mass is 1360 g/mol. The van der Waals surface area contributed by atoms with Crippen LogP contribution in [0.15, 0.2) is 109 Å². The third-order valence-corrected chi connectivity index (χ3v) is 16.7. The summed E-state index contributed by atoms with van der Waals surface area (Å²) in [7, 11) is 3.54. The quantitative estimate of drug-likeness (QED) is 0.0469. The van der Waals surface area contributed by atoms with Gasteiger partial charge in [0.2, 0.25) is 70.9 Å². The maximum atomic E-state index is 15.2. The molecule has 528 valence electrons. The fourth-order valence-corrected chi connectivity index (χ4v) is 11.3. The summed E-state index contributed by atoms with van der Waals surface area (Å²) in [5.74, 6) is -13.2. The highest BCUT2D eigenvalue weighted by molar-refractivity contribution is 6.01. The van der Waals surface area contributed by atoms with Gasteiger partial charge in [0, 0.05) is 64.1 Å². The van der Waals surface area contributed by atoms with Crippen LogP contribution in [-0.2, 0) is 76.8 Å². The summed E-state index contributed by atoms with van der Waals surface area (Å²) < 4.78 is 0. The highest BCUT2D eigenvalue weighted by atomic mass is 16.3. The number of amides is 13. The molecule has 29 nitrogen and oxygen atoms in total. The average molecular weight is 1360 g/mol. The molecule has 0 bridgehead atoms. The van der Waals surface area contributed by atoms with Gasteiger partial charge in [-0.25, -0.2) is 0 Å². The summed E-state index contributed by atoms with van der Waals surface area (Å²) in [5.41, 5.74) is 19.5. The SMILES string of the molecule is CC(C)C[C@@H]1NC(=O)[C@H](CCCN)NC(=O)[C@H](C(C)C)NC(=O)[C@H](Cc2ccc(O)cc2)NC(=O)[C@H](CCC(N)=O)NC(=O)[C@H](CC(N)=O)NC(=O)[C@@H](Cc2ccccc2)NC(=O)[C@H](CNC(=O)c2cccc(N(C)C)c2)NC(=O)[C@@H]2CCCN2C(=O)[C@@H](Cc2ccccc2)NC1=O. The zero-order chi connectivity index (χ0) is 71.8. The van der Waals surface area contributed by atoms with Gasteiger partial charge in [0.15, 0.2) is 0 Å². The lowest BCUT2D eigenvalue weighted by atomic mass is 9.99. The number of carbonyl (C=O) groups excluding carboxylic acids is 13. The fraction of sp³-hybridized carbons (Fsp3) is 0.464. The van der Waals surface area contributed by atoms with Crippen LogP contribution in [0.2, 0.25) is 0 Å². The summed E-state index contributed by atoms with van der Waals surface area (Å²) in [6.45, 7) is 6.30. The molecule has 4 aromatic rings. The smallest absolute Gasteiger partial charge is 0.251 e. The van der Waals surface area contributed by atoms with E-state index in [1.54, 1.807) is 126 Å². The number of nitrogens with zero attached hydrogens (tertiary/aromatic N) is 2. The lowest BCUT2D eigenvalue weighted by Gasteiger charge is -2.32. The van der Waals surface area contributed by atoms with Crippen LogP contribution in [0, 0.1) is 11.8 Å². The summed E-state index contributed by atoms with van der Waals surface area (Å²) in [6, 6.07) is 13.7. The Morgan fingerprint density at radius 3 is 1.58 bits per heavy atom. The van der Waals surface area contributed by atoms with Crippen LogP contribution in [0.5, 0.6) is 5.75 Å². The number of anilines is 1. The molecule has 10 atom stereocenters. The normalized spacial score (nSPS) is 23.1. The first kappa shape index (κ1) is 76.6. The van der Waals surface area contributed by atoms with E-state index in [1.165, 1.54) is 35.2 Å². The Hall–Kier alpha value is -10.5. The van der Waals surface area contributed by atoms with Crippen LogP contribution in [0.4, 0.5) is 5.69 Å². The van der Waals surface area contributed by atoms with Gasteiger partial charge in [0.05, 0.1) is 6.42 Å². The molecule has 0 aliphatic carbocycles. The van der Waals surface area contributed by atoms with Crippen LogP contribution in [0.1, 0.15) is 106 Å². The molecule has 2 saturated heterocycles. The van der Waals surface area contributed by atoms with E-state index in [-0.39, 0.29) is 81.7 Å².